The van der Waals surface area contributed by atoms with Gasteiger partial charge in [-0.2, -0.15) is 0 Å². The van der Waals surface area contributed by atoms with E-state index in [2.05, 4.69) is 18.7 Å². The smallest absolute Gasteiger partial charge is 0.231 e. The maximum Gasteiger partial charge on any atom is 0.231 e. The van der Waals surface area contributed by atoms with Crippen LogP contribution < -0.4 is 11.5 Å². The molecule has 3 unspecified atom stereocenters. The molecule has 4 nitrogen and oxygen atoms in total. The Morgan fingerprint density at radius 2 is 1.86 bits per heavy atom. The van der Waals surface area contributed by atoms with Gasteiger partial charge in [-0.15, -0.1) is 0 Å². The van der Waals surface area contributed by atoms with Gasteiger partial charge in [0.05, 0.1) is 6.54 Å². The fourth-order valence-electron chi connectivity index (χ4n) is 3.22. The first-order valence-corrected chi connectivity index (χ1v) is 7.82. The highest BCUT2D eigenvalue weighted by atomic mass is 16.1. The van der Waals surface area contributed by atoms with Crippen LogP contribution in [0.25, 0.3) is 0 Å². The second kappa shape index (κ2) is 6.94. The van der Waals surface area contributed by atoms with Crippen molar-refractivity contribution in [2.24, 2.45) is 17.6 Å². The van der Waals surface area contributed by atoms with Gasteiger partial charge in [-0.3, -0.25) is 9.69 Å². The summed E-state index contributed by atoms with van der Waals surface area (Å²) in [4.78, 5) is 13.6. The molecule has 1 saturated carbocycles. The van der Waals surface area contributed by atoms with E-state index in [1.165, 1.54) is 12.0 Å². The predicted molar refractivity (Wildman–Crippen MR) is 86.4 cm³/mol. The summed E-state index contributed by atoms with van der Waals surface area (Å²) in [7, 11) is 0. The highest BCUT2D eigenvalue weighted by Crippen LogP contribution is 2.32. The third-order valence-corrected chi connectivity index (χ3v) is 4.81. The molecule has 1 aromatic rings. The lowest BCUT2D eigenvalue weighted by molar-refractivity contribution is -0.120. The zero-order valence-corrected chi connectivity index (χ0v) is 13.1. The standard InChI is InChI=1S/C17H27N3O/c1-12-3-8-16(9-13(12)2)20(11-17(19)21)10-14-4-6-15(18)7-5-14/h4-7,12-13,16H,3,8-11,18H2,1-2H3,(H2,19,21). The number of benzene rings is 1. The molecule has 21 heavy (non-hydrogen) atoms. The second-order valence-corrected chi connectivity index (χ2v) is 6.53. The quantitative estimate of drug-likeness (QED) is 0.817. The summed E-state index contributed by atoms with van der Waals surface area (Å²) in [5.41, 5.74) is 13.1. The Morgan fingerprint density at radius 1 is 1.19 bits per heavy atom. The molecule has 0 heterocycles. The Bertz CT molecular complexity index is 471. The van der Waals surface area contributed by atoms with Gasteiger partial charge in [0.25, 0.3) is 0 Å². The van der Waals surface area contributed by atoms with Gasteiger partial charge in [-0.1, -0.05) is 26.0 Å². The first kappa shape index (κ1) is 15.8. The molecule has 1 aliphatic carbocycles. The van der Waals surface area contributed by atoms with Crippen molar-refractivity contribution in [1.82, 2.24) is 4.90 Å². The molecule has 4 N–H and O–H groups in total. The Kier molecular flexibility index (Phi) is 5.23. The number of carbonyl (C=O) groups is 1. The van der Waals surface area contributed by atoms with Crippen molar-refractivity contribution in [2.75, 3.05) is 12.3 Å². The third-order valence-electron chi connectivity index (χ3n) is 4.81. The molecule has 3 atom stereocenters. The largest absolute Gasteiger partial charge is 0.399 e. The first-order chi connectivity index (χ1) is 9.95. The molecule has 0 spiro atoms. The van der Waals surface area contributed by atoms with Crippen molar-refractivity contribution < 1.29 is 4.79 Å². The van der Waals surface area contributed by atoms with E-state index < -0.39 is 0 Å². The molecule has 1 amide bonds. The van der Waals surface area contributed by atoms with Crippen LogP contribution in [-0.4, -0.2) is 23.4 Å². The first-order valence-electron chi connectivity index (χ1n) is 7.82. The average molecular weight is 289 g/mol. The van der Waals surface area contributed by atoms with Crippen molar-refractivity contribution in [3.05, 3.63) is 29.8 Å². The average Bonchev–Trinajstić information content (AvgIpc) is 2.43. The maximum atomic E-state index is 11.4. The van der Waals surface area contributed by atoms with Crippen molar-refractivity contribution in [1.29, 1.82) is 0 Å². The molecule has 0 aromatic heterocycles. The van der Waals surface area contributed by atoms with Crippen LogP contribution in [0.3, 0.4) is 0 Å². The summed E-state index contributed by atoms with van der Waals surface area (Å²) in [5.74, 6) is 1.22. The Labute approximate surface area is 127 Å². The normalized spacial score (nSPS) is 26.0. The SMILES string of the molecule is CC1CCC(N(CC(N)=O)Cc2ccc(N)cc2)CC1C. The number of rotatable bonds is 5. The van der Waals surface area contributed by atoms with E-state index in [9.17, 15) is 4.79 Å². The van der Waals surface area contributed by atoms with E-state index in [4.69, 9.17) is 11.5 Å². The van der Waals surface area contributed by atoms with Gasteiger partial charge < -0.3 is 11.5 Å². The van der Waals surface area contributed by atoms with Gasteiger partial charge in [0.1, 0.15) is 0 Å². The van der Waals surface area contributed by atoms with Crippen LogP contribution >= 0.6 is 0 Å². The molecular weight excluding hydrogens is 262 g/mol. The van der Waals surface area contributed by atoms with E-state index in [1.807, 2.05) is 24.3 Å². The lowest BCUT2D eigenvalue weighted by Crippen LogP contribution is -2.44. The fraction of sp³-hybridized carbons (Fsp3) is 0.588. The molecule has 0 bridgehead atoms. The topological polar surface area (TPSA) is 72.3 Å². The number of hydrogen-bond donors (Lipinski definition) is 2. The summed E-state index contributed by atoms with van der Waals surface area (Å²) < 4.78 is 0. The van der Waals surface area contributed by atoms with Crippen molar-refractivity contribution in [3.63, 3.8) is 0 Å². The summed E-state index contributed by atoms with van der Waals surface area (Å²) >= 11 is 0. The summed E-state index contributed by atoms with van der Waals surface area (Å²) in [6.07, 6.45) is 3.51. The van der Waals surface area contributed by atoms with E-state index in [0.717, 1.165) is 31.0 Å². The van der Waals surface area contributed by atoms with Crippen LogP contribution in [0.1, 0.15) is 38.7 Å². The predicted octanol–water partition coefficient (Wildman–Crippen LogP) is 2.38. The third kappa shape index (κ3) is 4.46. The number of nitrogen functional groups attached to an aromatic ring is 1. The van der Waals surface area contributed by atoms with Crippen LogP contribution in [0.2, 0.25) is 0 Å². The van der Waals surface area contributed by atoms with Crippen LogP contribution in [0.4, 0.5) is 5.69 Å². The molecule has 2 rings (SSSR count). The monoisotopic (exact) mass is 289 g/mol. The van der Waals surface area contributed by atoms with E-state index in [1.54, 1.807) is 0 Å². The minimum absolute atomic E-state index is 0.253. The van der Waals surface area contributed by atoms with Crippen molar-refractivity contribution in [3.8, 4) is 0 Å². The minimum Gasteiger partial charge on any atom is -0.399 e. The molecule has 0 aliphatic heterocycles. The molecule has 1 aliphatic rings. The Balaban J connectivity index is 2.07. The van der Waals surface area contributed by atoms with Crippen LogP contribution in [-0.2, 0) is 11.3 Å². The fourth-order valence-corrected chi connectivity index (χ4v) is 3.22. The maximum absolute atomic E-state index is 11.4. The number of anilines is 1. The van der Waals surface area contributed by atoms with Crippen molar-refractivity contribution >= 4 is 11.6 Å². The zero-order valence-electron chi connectivity index (χ0n) is 13.1. The minimum atomic E-state index is -0.253. The van der Waals surface area contributed by atoms with Gasteiger partial charge in [-0.25, -0.2) is 0 Å². The zero-order chi connectivity index (χ0) is 15.4. The van der Waals surface area contributed by atoms with E-state index >= 15 is 0 Å². The van der Waals surface area contributed by atoms with Crippen LogP contribution in [0.15, 0.2) is 24.3 Å². The molecule has 116 valence electrons. The van der Waals surface area contributed by atoms with Gasteiger partial charge in [0.2, 0.25) is 5.91 Å². The van der Waals surface area contributed by atoms with Gasteiger partial charge in [0.15, 0.2) is 0 Å². The number of primary amides is 1. The highest BCUT2D eigenvalue weighted by molar-refractivity contribution is 5.76. The molecule has 1 aromatic carbocycles. The van der Waals surface area contributed by atoms with Gasteiger partial charge >= 0.3 is 0 Å². The van der Waals surface area contributed by atoms with E-state index in [0.29, 0.717) is 18.5 Å². The second-order valence-electron chi connectivity index (χ2n) is 6.53. The molecule has 0 radical (unpaired) electrons. The van der Waals surface area contributed by atoms with Gasteiger partial charge in [-0.05, 0) is 48.8 Å². The molecule has 4 heteroatoms. The van der Waals surface area contributed by atoms with E-state index in [-0.39, 0.29) is 5.91 Å². The van der Waals surface area contributed by atoms with Crippen molar-refractivity contribution in [2.45, 2.75) is 45.7 Å². The number of nitrogens with two attached hydrogens (primary N) is 2. The molecule has 1 fully saturated rings. The Morgan fingerprint density at radius 3 is 2.43 bits per heavy atom. The van der Waals surface area contributed by atoms with Crippen LogP contribution in [0.5, 0.6) is 0 Å². The summed E-state index contributed by atoms with van der Waals surface area (Å²) in [6.45, 7) is 5.72. The lowest BCUT2D eigenvalue weighted by Gasteiger charge is -2.38. The number of nitrogens with zero attached hydrogens (tertiary/aromatic N) is 1. The highest BCUT2D eigenvalue weighted by Gasteiger charge is 2.29. The number of carbonyl (C=O) groups excluding carboxylic acids is 1. The van der Waals surface area contributed by atoms with Gasteiger partial charge in [0, 0.05) is 18.3 Å². The Hall–Kier alpha value is -1.55. The summed E-state index contributed by atoms with van der Waals surface area (Å²) in [6, 6.07) is 8.31. The lowest BCUT2D eigenvalue weighted by atomic mass is 9.78. The van der Waals surface area contributed by atoms with Crippen LogP contribution in [0, 0.1) is 11.8 Å². The summed E-state index contributed by atoms with van der Waals surface area (Å²) in [5, 5.41) is 0. The number of hydrogen-bond acceptors (Lipinski definition) is 3. The molecule has 0 saturated heterocycles. The number of amides is 1. The molecular formula is C17H27N3O.